The van der Waals surface area contributed by atoms with Crippen LogP contribution in [-0.2, 0) is 4.79 Å². The first-order valence-electron chi connectivity index (χ1n) is 7.82. The number of aliphatic hydroxyl groups excluding tert-OH is 1. The summed E-state index contributed by atoms with van der Waals surface area (Å²) >= 11 is 1.57. The van der Waals surface area contributed by atoms with Gasteiger partial charge < -0.3 is 16.2 Å². The van der Waals surface area contributed by atoms with E-state index in [9.17, 15) is 9.90 Å². The number of nitrogens with two attached hydrogens (primary N) is 1. The summed E-state index contributed by atoms with van der Waals surface area (Å²) in [7, 11) is 0. The predicted octanol–water partition coefficient (Wildman–Crippen LogP) is 2.57. The number of hydrogen-bond acceptors (Lipinski definition) is 4. The Morgan fingerprint density at radius 3 is 2.95 bits per heavy atom. The van der Waals surface area contributed by atoms with Gasteiger partial charge in [-0.05, 0) is 36.3 Å². The maximum Gasteiger partial charge on any atom is 0.220 e. The molecule has 1 amide bonds. The first-order chi connectivity index (χ1) is 10.6. The highest BCUT2D eigenvalue weighted by Gasteiger charge is 2.26. The van der Waals surface area contributed by atoms with Crippen LogP contribution < -0.4 is 11.1 Å². The molecule has 5 heteroatoms. The Labute approximate surface area is 134 Å². The molecule has 1 saturated carbocycles. The molecule has 4 N–H and O–H groups in total. The first-order valence-corrected chi connectivity index (χ1v) is 8.64. The number of amides is 1. The lowest BCUT2D eigenvalue weighted by Crippen LogP contribution is -2.33. The van der Waals surface area contributed by atoms with E-state index < -0.39 is 6.10 Å². The van der Waals surface area contributed by atoms with Crippen molar-refractivity contribution in [3.63, 3.8) is 0 Å². The van der Waals surface area contributed by atoms with Crippen LogP contribution in [0.1, 0.15) is 36.7 Å². The average Bonchev–Trinajstić information content (AvgIpc) is 3.11. The van der Waals surface area contributed by atoms with Crippen molar-refractivity contribution in [3.05, 3.63) is 35.2 Å². The van der Waals surface area contributed by atoms with Crippen molar-refractivity contribution in [2.75, 3.05) is 6.54 Å². The number of benzene rings is 1. The van der Waals surface area contributed by atoms with Crippen LogP contribution in [0.15, 0.2) is 30.3 Å². The molecule has 0 radical (unpaired) electrons. The van der Waals surface area contributed by atoms with Crippen LogP contribution in [0, 0.1) is 5.92 Å². The second-order valence-corrected chi connectivity index (χ2v) is 7.18. The van der Waals surface area contributed by atoms with E-state index in [-0.39, 0.29) is 18.5 Å². The summed E-state index contributed by atoms with van der Waals surface area (Å²) in [4.78, 5) is 12.9. The van der Waals surface area contributed by atoms with Crippen molar-refractivity contribution in [1.29, 1.82) is 0 Å². The van der Waals surface area contributed by atoms with E-state index in [1.54, 1.807) is 11.3 Å². The zero-order valence-electron chi connectivity index (χ0n) is 12.5. The van der Waals surface area contributed by atoms with Gasteiger partial charge in [0.2, 0.25) is 5.91 Å². The molecular formula is C17H22N2O2S. The smallest absolute Gasteiger partial charge is 0.220 e. The average molecular weight is 318 g/mol. The van der Waals surface area contributed by atoms with E-state index in [0.29, 0.717) is 12.3 Å². The standard InChI is InChI=1S/C17H22N2O2S/c18-13-6-3-5-11(13)9-17(21)19-10-14(20)16-8-12-4-1-2-7-15(12)22-16/h1-2,4,7-8,11,13-14,20H,3,5-6,9-10,18H2,(H,19,21)/t11-,13+,14?/m0/s1. The molecule has 1 fully saturated rings. The molecule has 118 valence electrons. The van der Waals surface area contributed by atoms with Crippen LogP contribution >= 0.6 is 11.3 Å². The number of rotatable bonds is 5. The summed E-state index contributed by atoms with van der Waals surface area (Å²) < 4.78 is 1.15. The number of hydrogen-bond donors (Lipinski definition) is 3. The molecule has 0 aliphatic heterocycles. The summed E-state index contributed by atoms with van der Waals surface area (Å²) in [6.07, 6.45) is 2.98. The fraction of sp³-hybridized carbons (Fsp3) is 0.471. The summed E-state index contributed by atoms with van der Waals surface area (Å²) in [6.45, 7) is 0.258. The van der Waals surface area contributed by atoms with E-state index in [0.717, 1.165) is 34.2 Å². The van der Waals surface area contributed by atoms with Crippen LogP contribution in [0.2, 0.25) is 0 Å². The SMILES string of the molecule is N[C@@H]1CCC[C@H]1CC(=O)NCC(O)c1cc2ccccc2s1. The van der Waals surface area contributed by atoms with Crippen molar-refractivity contribution in [1.82, 2.24) is 5.32 Å². The number of aliphatic hydroxyl groups is 1. The fourth-order valence-corrected chi connectivity index (χ4v) is 4.16. The Kier molecular flexibility index (Phi) is 4.76. The van der Waals surface area contributed by atoms with Gasteiger partial charge in [0.05, 0.1) is 0 Å². The van der Waals surface area contributed by atoms with E-state index in [2.05, 4.69) is 5.32 Å². The lowest BCUT2D eigenvalue weighted by atomic mass is 10.00. The van der Waals surface area contributed by atoms with Gasteiger partial charge in [0, 0.05) is 28.6 Å². The molecule has 2 aromatic rings. The van der Waals surface area contributed by atoms with Crippen molar-refractivity contribution in [2.24, 2.45) is 11.7 Å². The number of nitrogens with one attached hydrogen (secondary N) is 1. The summed E-state index contributed by atoms with van der Waals surface area (Å²) in [5.74, 6) is 0.281. The Balaban J connectivity index is 1.53. The van der Waals surface area contributed by atoms with Gasteiger partial charge in [-0.15, -0.1) is 11.3 Å². The van der Waals surface area contributed by atoms with Crippen molar-refractivity contribution in [3.8, 4) is 0 Å². The number of carbonyl (C=O) groups excluding carboxylic acids is 1. The highest BCUT2D eigenvalue weighted by Crippen LogP contribution is 2.30. The molecule has 0 spiro atoms. The predicted molar refractivity (Wildman–Crippen MR) is 89.7 cm³/mol. The molecule has 1 heterocycles. The largest absolute Gasteiger partial charge is 0.386 e. The quantitative estimate of drug-likeness (QED) is 0.793. The molecule has 1 aliphatic rings. The van der Waals surface area contributed by atoms with Gasteiger partial charge in [0.1, 0.15) is 6.10 Å². The molecule has 4 nitrogen and oxygen atoms in total. The maximum absolute atomic E-state index is 12.0. The molecule has 0 saturated heterocycles. The van der Waals surface area contributed by atoms with E-state index in [1.807, 2.05) is 30.3 Å². The second-order valence-electron chi connectivity index (χ2n) is 6.07. The maximum atomic E-state index is 12.0. The Hall–Kier alpha value is -1.43. The zero-order valence-corrected chi connectivity index (χ0v) is 13.3. The Bertz CT molecular complexity index is 622. The summed E-state index contributed by atoms with van der Waals surface area (Å²) in [6, 6.07) is 10.2. The zero-order chi connectivity index (χ0) is 15.5. The topological polar surface area (TPSA) is 75.4 Å². The minimum absolute atomic E-state index is 0.0116. The minimum Gasteiger partial charge on any atom is -0.386 e. The first kappa shape index (κ1) is 15.5. The van der Waals surface area contributed by atoms with E-state index >= 15 is 0 Å². The molecule has 1 unspecified atom stereocenters. The molecule has 1 aliphatic carbocycles. The van der Waals surface area contributed by atoms with Crippen LogP contribution in [-0.4, -0.2) is 23.6 Å². The Morgan fingerprint density at radius 2 is 2.23 bits per heavy atom. The molecule has 0 bridgehead atoms. The van der Waals surface area contributed by atoms with Crippen molar-refractivity contribution in [2.45, 2.75) is 37.8 Å². The summed E-state index contributed by atoms with van der Waals surface area (Å²) in [5, 5.41) is 14.2. The van der Waals surface area contributed by atoms with Gasteiger partial charge >= 0.3 is 0 Å². The van der Waals surface area contributed by atoms with E-state index in [1.165, 1.54) is 0 Å². The molecule has 22 heavy (non-hydrogen) atoms. The van der Waals surface area contributed by atoms with Gasteiger partial charge in [-0.2, -0.15) is 0 Å². The number of carbonyl (C=O) groups is 1. The number of thiophene rings is 1. The molecule has 3 rings (SSSR count). The third kappa shape index (κ3) is 3.48. The molecule has 1 aromatic carbocycles. The number of fused-ring (bicyclic) bond motifs is 1. The minimum atomic E-state index is -0.654. The summed E-state index contributed by atoms with van der Waals surface area (Å²) in [5.41, 5.74) is 5.99. The van der Waals surface area contributed by atoms with Crippen molar-refractivity contribution < 1.29 is 9.90 Å². The molecule has 1 aromatic heterocycles. The van der Waals surface area contributed by atoms with Gasteiger partial charge in [-0.1, -0.05) is 24.6 Å². The lowest BCUT2D eigenvalue weighted by Gasteiger charge is -2.16. The second kappa shape index (κ2) is 6.77. The fourth-order valence-electron chi connectivity index (χ4n) is 3.11. The third-order valence-corrected chi connectivity index (χ3v) is 5.65. The van der Waals surface area contributed by atoms with Gasteiger partial charge in [-0.3, -0.25) is 4.79 Å². The normalized spacial score (nSPS) is 22.8. The van der Waals surface area contributed by atoms with Crippen LogP contribution in [0.25, 0.3) is 10.1 Å². The highest BCUT2D eigenvalue weighted by atomic mass is 32.1. The molecule has 3 atom stereocenters. The van der Waals surface area contributed by atoms with Crippen LogP contribution in [0.4, 0.5) is 0 Å². The van der Waals surface area contributed by atoms with E-state index in [4.69, 9.17) is 5.73 Å². The highest BCUT2D eigenvalue weighted by molar-refractivity contribution is 7.19. The third-order valence-electron chi connectivity index (χ3n) is 4.43. The van der Waals surface area contributed by atoms with Crippen LogP contribution in [0.3, 0.4) is 0 Å². The Morgan fingerprint density at radius 1 is 1.41 bits per heavy atom. The lowest BCUT2D eigenvalue weighted by molar-refractivity contribution is -0.122. The van der Waals surface area contributed by atoms with Gasteiger partial charge in [0.25, 0.3) is 0 Å². The van der Waals surface area contributed by atoms with Crippen molar-refractivity contribution >= 4 is 27.3 Å². The van der Waals surface area contributed by atoms with Gasteiger partial charge in [0.15, 0.2) is 0 Å². The van der Waals surface area contributed by atoms with Gasteiger partial charge in [-0.25, -0.2) is 0 Å². The monoisotopic (exact) mass is 318 g/mol. The molecular weight excluding hydrogens is 296 g/mol. The van der Waals surface area contributed by atoms with Crippen LogP contribution in [0.5, 0.6) is 0 Å².